The number of halogens is 2. The third kappa shape index (κ3) is 4.30. The lowest BCUT2D eigenvalue weighted by atomic mass is 10.3. The fourth-order valence-electron chi connectivity index (χ4n) is 1.84. The number of nitrogens with one attached hydrogen (secondary N) is 2. The predicted molar refractivity (Wildman–Crippen MR) is 79.8 cm³/mol. The molecule has 6 heteroatoms. The zero-order valence-electron chi connectivity index (χ0n) is 11.0. The van der Waals surface area contributed by atoms with Gasteiger partial charge in [-0.2, -0.15) is 0 Å². The number of anilines is 1. The van der Waals surface area contributed by atoms with Crippen LogP contribution in [0.2, 0.25) is 4.34 Å². The summed E-state index contributed by atoms with van der Waals surface area (Å²) in [5.74, 6) is -0.640. The predicted octanol–water partition coefficient (Wildman–Crippen LogP) is 2.19. The monoisotopic (exact) mass is 313 g/mol. The Labute approximate surface area is 126 Å². The van der Waals surface area contributed by atoms with Gasteiger partial charge in [0.15, 0.2) is 6.54 Å². The van der Waals surface area contributed by atoms with Gasteiger partial charge in [0, 0.05) is 0 Å². The summed E-state index contributed by atoms with van der Waals surface area (Å²) in [6.07, 6.45) is 0. The van der Waals surface area contributed by atoms with Crippen molar-refractivity contribution >= 4 is 34.5 Å². The number of thiophene rings is 1. The largest absolute Gasteiger partial charge is 0.325 e. The number of rotatable bonds is 5. The molecule has 1 aromatic carbocycles. The van der Waals surface area contributed by atoms with Gasteiger partial charge in [0.05, 0.1) is 21.9 Å². The molecule has 0 fully saturated rings. The van der Waals surface area contributed by atoms with Crippen LogP contribution in [0.1, 0.15) is 4.88 Å². The quantitative estimate of drug-likeness (QED) is 0.872. The van der Waals surface area contributed by atoms with Gasteiger partial charge in [0.1, 0.15) is 12.4 Å². The smallest absolute Gasteiger partial charge is 0.279 e. The maximum absolute atomic E-state index is 13.4. The Morgan fingerprint density at radius 1 is 1.35 bits per heavy atom. The van der Waals surface area contributed by atoms with Crippen LogP contribution in [0.15, 0.2) is 36.4 Å². The lowest BCUT2D eigenvalue weighted by Crippen LogP contribution is -3.08. The van der Waals surface area contributed by atoms with E-state index in [0.29, 0.717) is 6.54 Å². The van der Waals surface area contributed by atoms with Crippen molar-refractivity contribution in [3.63, 3.8) is 0 Å². The molecular formula is C14H15ClFN2OS+. The highest BCUT2D eigenvalue weighted by Gasteiger charge is 2.13. The molecule has 0 saturated heterocycles. The van der Waals surface area contributed by atoms with Crippen LogP contribution in [-0.4, -0.2) is 19.5 Å². The summed E-state index contributed by atoms with van der Waals surface area (Å²) in [7, 11) is 1.91. The second-order valence-corrected chi connectivity index (χ2v) is 6.34. The van der Waals surface area contributed by atoms with E-state index in [1.165, 1.54) is 17.4 Å². The molecule has 3 nitrogen and oxygen atoms in total. The van der Waals surface area contributed by atoms with Crippen molar-refractivity contribution in [1.82, 2.24) is 0 Å². The molecule has 0 aliphatic carbocycles. The first-order valence-corrected chi connectivity index (χ1v) is 7.34. The summed E-state index contributed by atoms with van der Waals surface area (Å²) in [5.41, 5.74) is 0.212. The zero-order chi connectivity index (χ0) is 14.5. The van der Waals surface area contributed by atoms with E-state index in [0.717, 1.165) is 14.1 Å². The van der Waals surface area contributed by atoms with E-state index in [9.17, 15) is 9.18 Å². The Balaban J connectivity index is 1.86. The van der Waals surface area contributed by atoms with Gasteiger partial charge in [0.2, 0.25) is 0 Å². The van der Waals surface area contributed by atoms with Crippen molar-refractivity contribution in [2.45, 2.75) is 6.54 Å². The molecule has 0 aliphatic rings. The molecule has 2 N–H and O–H groups in total. The Morgan fingerprint density at radius 2 is 2.10 bits per heavy atom. The summed E-state index contributed by atoms with van der Waals surface area (Å²) in [5, 5.41) is 2.57. The van der Waals surface area contributed by atoms with E-state index in [4.69, 9.17) is 11.6 Å². The number of hydrogen-bond donors (Lipinski definition) is 2. The van der Waals surface area contributed by atoms with E-state index in [1.807, 2.05) is 19.2 Å². The highest BCUT2D eigenvalue weighted by molar-refractivity contribution is 7.16. The van der Waals surface area contributed by atoms with Gasteiger partial charge in [-0.25, -0.2) is 4.39 Å². The molecule has 106 valence electrons. The molecule has 1 amide bonds. The van der Waals surface area contributed by atoms with Crippen LogP contribution in [0, 0.1) is 5.82 Å². The lowest BCUT2D eigenvalue weighted by Gasteiger charge is -2.13. The number of carbonyl (C=O) groups excluding carboxylic acids is 1. The summed E-state index contributed by atoms with van der Waals surface area (Å²) in [4.78, 5) is 14.0. The second-order valence-electron chi connectivity index (χ2n) is 4.54. The van der Waals surface area contributed by atoms with E-state index >= 15 is 0 Å². The highest BCUT2D eigenvalue weighted by Crippen LogP contribution is 2.20. The summed E-state index contributed by atoms with van der Waals surface area (Å²) < 4.78 is 14.1. The Hall–Kier alpha value is -1.43. The minimum atomic E-state index is -0.427. The topological polar surface area (TPSA) is 33.5 Å². The first kappa shape index (κ1) is 15.0. The molecule has 0 spiro atoms. The number of para-hydroxylation sites is 1. The van der Waals surface area contributed by atoms with Gasteiger partial charge < -0.3 is 10.2 Å². The molecule has 1 atom stereocenters. The van der Waals surface area contributed by atoms with Gasteiger partial charge in [-0.1, -0.05) is 23.7 Å². The fourth-order valence-corrected chi connectivity index (χ4v) is 3.04. The third-order valence-corrected chi connectivity index (χ3v) is 3.95. The third-order valence-electron chi connectivity index (χ3n) is 2.72. The summed E-state index contributed by atoms with van der Waals surface area (Å²) in [6.45, 7) is 0.978. The molecule has 0 saturated carbocycles. The van der Waals surface area contributed by atoms with Crippen LogP contribution in [0.4, 0.5) is 10.1 Å². The number of hydrogen-bond acceptors (Lipinski definition) is 2. The zero-order valence-corrected chi connectivity index (χ0v) is 12.5. The number of benzene rings is 1. The van der Waals surface area contributed by atoms with Crippen LogP contribution < -0.4 is 10.2 Å². The lowest BCUT2D eigenvalue weighted by molar-refractivity contribution is -0.884. The maximum atomic E-state index is 13.4. The molecular weight excluding hydrogens is 299 g/mol. The molecule has 0 radical (unpaired) electrons. The Morgan fingerprint density at radius 3 is 2.75 bits per heavy atom. The Bertz CT molecular complexity index is 602. The second kappa shape index (κ2) is 6.83. The molecule has 1 unspecified atom stereocenters. The number of likely N-dealkylation sites (N-methyl/N-ethyl adjacent to an activating group) is 1. The van der Waals surface area contributed by atoms with E-state index < -0.39 is 5.82 Å². The van der Waals surface area contributed by atoms with Crippen LogP contribution in [0.5, 0.6) is 0 Å². The summed E-state index contributed by atoms with van der Waals surface area (Å²) >= 11 is 7.37. The average Bonchev–Trinajstić information content (AvgIpc) is 2.77. The van der Waals surface area contributed by atoms with Gasteiger partial charge in [0.25, 0.3) is 5.91 Å². The Kier molecular flexibility index (Phi) is 5.11. The van der Waals surface area contributed by atoms with Crippen molar-refractivity contribution in [3.05, 3.63) is 51.4 Å². The number of amides is 1. The van der Waals surface area contributed by atoms with Gasteiger partial charge in [-0.15, -0.1) is 11.3 Å². The van der Waals surface area contributed by atoms with Crippen molar-refractivity contribution in [2.75, 3.05) is 18.9 Å². The molecule has 2 aromatic rings. The fraction of sp³-hybridized carbons (Fsp3) is 0.214. The van der Waals surface area contributed by atoms with E-state index in [2.05, 4.69) is 5.32 Å². The highest BCUT2D eigenvalue weighted by atomic mass is 35.5. The molecule has 0 aliphatic heterocycles. The van der Waals surface area contributed by atoms with E-state index in [1.54, 1.807) is 18.2 Å². The number of quaternary nitrogens is 1. The SMILES string of the molecule is C[NH+](CC(=O)Nc1ccccc1F)Cc1ccc(Cl)s1. The minimum absolute atomic E-state index is 0.212. The normalized spacial score (nSPS) is 12.2. The van der Waals surface area contributed by atoms with Crippen molar-refractivity contribution < 1.29 is 14.1 Å². The minimum Gasteiger partial charge on any atom is -0.325 e. The van der Waals surface area contributed by atoms with Gasteiger partial charge in [-0.3, -0.25) is 4.79 Å². The molecule has 2 rings (SSSR count). The van der Waals surface area contributed by atoms with Crippen LogP contribution >= 0.6 is 22.9 Å². The average molecular weight is 314 g/mol. The van der Waals surface area contributed by atoms with Gasteiger partial charge in [-0.05, 0) is 24.3 Å². The van der Waals surface area contributed by atoms with Crippen molar-refractivity contribution in [3.8, 4) is 0 Å². The van der Waals surface area contributed by atoms with Crippen molar-refractivity contribution in [2.24, 2.45) is 0 Å². The van der Waals surface area contributed by atoms with Crippen molar-refractivity contribution in [1.29, 1.82) is 0 Å². The summed E-state index contributed by atoms with van der Waals surface area (Å²) in [6, 6.07) is 9.92. The van der Waals surface area contributed by atoms with E-state index in [-0.39, 0.29) is 18.1 Å². The van der Waals surface area contributed by atoms with Crippen LogP contribution in [0.25, 0.3) is 0 Å². The van der Waals surface area contributed by atoms with Crippen LogP contribution in [-0.2, 0) is 11.3 Å². The first-order valence-electron chi connectivity index (χ1n) is 6.14. The molecule has 0 bridgehead atoms. The molecule has 1 aromatic heterocycles. The maximum Gasteiger partial charge on any atom is 0.279 e. The standard InChI is InChI=1S/C14H14ClFN2OS/c1-18(8-10-6-7-13(15)20-10)9-14(19)17-12-5-3-2-4-11(12)16/h2-7H,8-9H2,1H3,(H,17,19)/p+1. The molecule has 1 heterocycles. The van der Waals surface area contributed by atoms with Gasteiger partial charge >= 0.3 is 0 Å². The van der Waals surface area contributed by atoms with Crippen LogP contribution in [0.3, 0.4) is 0 Å². The first-order chi connectivity index (χ1) is 9.54. The number of carbonyl (C=O) groups is 1. The molecule has 20 heavy (non-hydrogen) atoms.